The quantitative estimate of drug-likeness (QED) is 0.846. The Bertz CT molecular complexity index is 442. The molecule has 0 radical (unpaired) electrons. The molecule has 1 aliphatic rings. The van der Waals surface area contributed by atoms with Crippen LogP contribution in [0.5, 0.6) is 0 Å². The molecule has 1 aliphatic heterocycles. The van der Waals surface area contributed by atoms with Crippen LogP contribution in [0.25, 0.3) is 0 Å². The highest BCUT2D eigenvalue weighted by atomic mass is 35.5. The zero-order valence-electron chi connectivity index (χ0n) is 13.1. The average Bonchev–Trinajstić information content (AvgIpc) is 2.48. The summed E-state index contributed by atoms with van der Waals surface area (Å²) in [6.45, 7) is 8.54. The van der Waals surface area contributed by atoms with Gasteiger partial charge in [-0.3, -0.25) is 0 Å². The SMILES string of the molecule is CC(C)CNCc1c(Cl)cccc1N1CCC(CO)CC1. The van der Waals surface area contributed by atoms with Crippen LogP contribution < -0.4 is 10.2 Å². The molecule has 1 aromatic carbocycles. The lowest BCUT2D eigenvalue weighted by atomic mass is 9.97. The van der Waals surface area contributed by atoms with E-state index in [1.165, 1.54) is 11.3 Å². The molecular weight excluding hydrogens is 284 g/mol. The highest BCUT2D eigenvalue weighted by molar-refractivity contribution is 6.31. The number of aliphatic hydroxyl groups is 1. The number of piperidine rings is 1. The first-order valence-corrected chi connectivity index (χ1v) is 8.33. The van der Waals surface area contributed by atoms with E-state index >= 15 is 0 Å². The number of benzene rings is 1. The first-order valence-electron chi connectivity index (χ1n) is 7.95. The summed E-state index contributed by atoms with van der Waals surface area (Å²) in [7, 11) is 0. The van der Waals surface area contributed by atoms with Crippen molar-refractivity contribution < 1.29 is 5.11 Å². The van der Waals surface area contributed by atoms with Crippen LogP contribution >= 0.6 is 11.6 Å². The van der Waals surface area contributed by atoms with Gasteiger partial charge in [0.15, 0.2) is 0 Å². The molecule has 21 heavy (non-hydrogen) atoms. The molecule has 1 heterocycles. The van der Waals surface area contributed by atoms with Crippen molar-refractivity contribution in [1.82, 2.24) is 5.32 Å². The molecule has 118 valence electrons. The largest absolute Gasteiger partial charge is 0.396 e. The van der Waals surface area contributed by atoms with Gasteiger partial charge in [-0.25, -0.2) is 0 Å². The summed E-state index contributed by atoms with van der Waals surface area (Å²) in [5.74, 6) is 1.10. The van der Waals surface area contributed by atoms with Crippen molar-refractivity contribution >= 4 is 17.3 Å². The lowest BCUT2D eigenvalue weighted by Crippen LogP contribution is -2.35. The first-order chi connectivity index (χ1) is 10.1. The molecule has 0 bridgehead atoms. The Morgan fingerprint density at radius 1 is 1.33 bits per heavy atom. The second-order valence-corrected chi connectivity index (χ2v) is 6.78. The summed E-state index contributed by atoms with van der Waals surface area (Å²) in [5.41, 5.74) is 2.44. The zero-order chi connectivity index (χ0) is 15.2. The molecule has 1 saturated heterocycles. The fourth-order valence-electron chi connectivity index (χ4n) is 2.86. The Labute approximate surface area is 133 Å². The molecule has 1 aromatic rings. The predicted octanol–water partition coefficient (Wildman–Crippen LogP) is 3.29. The van der Waals surface area contributed by atoms with Crippen LogP contribution in [0.2, 0.25) is 5.02 Å². The fraction of sp³-hybridized carbons (Fsp3) is 0.647. The maximum Gasteiger partial charge on any atom is 0.0471 e. The van der Waals surface area contributed by atoms with Gasteiger partial charge in [0.1, 0.15) is 0 Å². The number of hydrogen-bond acceptors (Lipinski definition) is 3. The molecule has 0 unspecified atom stereocenters. The molecule has 1 fully saturated rings. The van der Waals surface area contributed by atoms with E-state index in [9.17, 15) is 5.11 Å². The van der Waals surface area contributed by atoms with E-state index < -0.39 is 0 Å². The highest BCUT2D eigenvalue weighted by Gasteiger charge is 2.21. The summed E-state index contributed by atoms with van der Waals surface area (Å²) in [6.07, 6.45) is 2.11. The monoisotopic (exact) mass is 310 g/mol. The standard InChI is InChI=1S/C17H27ClN2O/c1-13(2)10-19-11-15-16(18)4-3-5-17(15)20-8-6-14(12-21)7-9-20/h3-5,13-14,19,21H,6-12H2,1-2H3. The van der Waals surface area contributed by atoms with Crippen molar-refractivity contribution in [2.75, 3.05) is 31.1 Å². The molecule has 2 N–H and O–H groups in total. The van der Waals surface area contributed by atoms with Gasteiger partial charge < -0.3 is 15.3 Å². The van der Waals surface area contributed by atoms with Crippen LogP contribution in [0.15, 0.2) is 18.2 Å². The summed E-state index contributed by atoms with van der Waals surface area (Å²) < 4.78 is 0. The van der Waals surface area contributed by atoms with E-state index in [0.717, 1.165) is 44.0 Å². The molecule has 3 nitrogen and oxygen atoms in total. The second-order valence-electron chi connectivity index (χ2n) is 6.38. The van der Waals surface area contributed by atoms with E-state index in [2.05, 4.69) is 30.1 Å². The smallest absolute Gasteiger partial charge is 0.0471 e. The number of halogens is 1. The maximum absolute atomic E-state index is 9.27. The van der Waals surface area contributed by atoms with Crippen molar-refractivity contribution in [2.24, 2.45) is 11.8 Å². The molecule has 0 aliphatic carbocycles. The van der Waals surface area contributed by atoms with Crippen molar-refractivity contribution in [3.63, 3.8) is 0 Å². The van der Waals surface area contributed by atoms with E-state index in [1.807, 2.05) is 12.1 Å². The normalized spacial score (nSPS) is 16.7. The Morgan fingerprint density at radius 3 is 2.67 bits per heavy atom. The van der Waals surface area contributed by atoms with Crippen LogP contribution in [0.4, 0.5) is 5.69 Å². The van der Waals surface area contributed by atoms with E-state index in [0.29, 0.717) is 18.4 Å². The topological polar surface area (TPSA) is 35.5 Å². The summed E-state index contributed by atoms with van der Waals surface area (Å²) >= 11 is 6.41. The number of aliphatic hydroxyl groups excluding tert-OH is 1. The maximum atomic E-state index is 9.27. The molecule has 0 aromatic heterocycles. The molecular formula is C17H27ClN2O. The second kappa shape index (κ2) is 8.02. The van der Waals surface area contributed by atoms with Gasteiger partial charge in [-0.1, -0.05) is 31.5 Å². The van der Waals surface area contributed by atoms with Gasteiger partial charge in [0.05, 0.1) is 0 Å². The minimum atomic E-state index is 0.312. The van der Waals surface area contributed by atoms with E-state index in [4.69, 9.17) is 11.6 Å². The number of nitrogens with one attached hydrogen (secondary N) is 1. The van der Waals surface area contributed by atoms with Crippen LogP contribution in [0.3, 0.4) is 0 Å². The third-order valence-electron chi connectivity index (χ3n) is 4.16. The molecule has 0 spiro atoms. The lowest BCUT2D eigenvalue weighted by Gasteiger charge is -2.34. The Morgan fingerprint density at radius 2 is 2.05 bits per heavy atom. The van der Waals surface area contributed by atoms with Gasteiger partial charge in [-0.2, -0.15) is 0 Å². The van der Waals surface area contributed by atoms with Gasteiger partial charge in [0.2, 0.25) is 0 Å². The fourth-order valence-corrected chi connectivity index (χ4v) is 3.10. The van der Waals surface area contributed by atoms with Crippen LogP contribution in [-0.4, -0.2) is 31.3 Å². The number of hydrogen-bond donors (Lipinski definition) is 2. The van der Waals surface area contributed by atoms with Gasteiger partial charge in [0.25, 0.3) is 0 Å². The Kier molecular flexibility index (Phi) is 6.34. The van der Waals surface area contributed by atoms with Crippen molar-refractivity contribution in [2.45, 2.75) is 33.2 Å². The Balaban J connectivity index is 2.06. The number of anilines is 1. The van der Waals surface area contributed by atoms with Gasteiger partial charge in [-0.15, -0.1) is 0 Å². The molecule has 4 heteroatoms. The third-order valence-corrected chi connectivity index (χ3v) is 4.52. The van der Waals surface area contributed by atoms with E-state index in [-0.39, 0.29) is 0 Å². The average molecular weight is 311 g/mol. The minimum absolute atomic E-state index is 0.312. The highest BCUT2D eigenvalue weighted by Crippen LogP contribution is 2.30. The number of rotatable bonds is 6. The third kappa shape index (κ3) is 4.60. The van der Waals surface area contributed by atoms with Crippen LogP contribution in [0.1, 0.15) is 32.3 Å². The van der Waals surface area contributed by atoms with Crippen molar-refractivity contribution in [3.05, 3.63) is 28.8 Å². The summed E-state index contributed by atoms with van der Waals surface area (Å²) in [6, 6.07) is 6.16. The Hall–Kier alpha value is -0.770. The van der Waals surface area contributed by atoms with Crippen molar-refractivity contribution in [1.29, 1.82) is 0 Å². The molecule has 0 amide bonds. The van der Waals surface area contributed by atoms with Gasteiger partial charge >= 0.3 is 0 Å². The van der Waals surface area contributed by atoms with Gasteiger partial charge in [0, 0.05) is 42.5 Å². The first kappa shape index (κ1) is 16.6. The summed E-state index contributed by atoms with van der Waals surface area (Å²) in [4.78, 5) is 2.41. The van der Waals surface area contributed by atoms with Gasteiger partial charge in [-0.05, 0) is 43.4 Å². The summed E-state index contributed by atoms with van der Waals surface area (Å²) in [5, 5.41) is 13.6. The molecule has 0 saturated carbocycles. The zero-order valence-corrected chi connectivity index (χ0v) is 13.9. The molecule has 0 atom stereocenters. The lowest BCUT2D eigenvalue weighted by molar-refractivity contribution is 0.203. The van der Waals surface area contributed by atoms with Crippen molar-refractivity contribution in [3.8, 4) is 0 Å². The molecule has 2 rings (SSSR count). The van der Waals surface area contributed by atoms with Crippen LogP contribution in [0, 0.1) is 11.8 Å². The van der Waals surface area contributed by atoms with Crippen LogP contribution in [-0.2, 0) is 6.54 Å². The van der Waals surface area contributed by atoms with E-state index in [1.54, 1.807) is 0 Å². The minimum Gasteiger partial charge on any atom is -0.396 e. The number of nitrogens with zero attached hydrogens (tertiary/aromatic N) is 1. The predicted molar refractivity (Wildman–Crippen MR) is 90.0 cm³/mol.